The summed E-state index contributed by atoms with van der Waals surface area (Å²) in [5, 5.41) is 8.61. The highest BCUT2D eigenvalue weighted by Gasteiger charge is 2.06. The number of fused-ring (bicyclic) bond motifs is 1. The smallest absolute Gasteiger partial charge is 0.162 e. The maximum absolute atomic E-state index is 5.89. The van der Waals surface area contributed by atoms with Crippen molar-refractivity contribution in [3.05, 3.63) is 67.1 Å². The fraction of sp³-hybridized carbons (Fsp3) is 0. The van der Waals surface area contributed by atoms with E-state index in [9.17, 15) is 0 Å². The molecule has 0 atom stereocenters. The highest BCUT2D eigenvalue weighted by Crippen LogP contribution is 2.22. The van der Waals surface area contributed by atoms with Gasteiger partial charge in [0.2, 0.25) is 0 Å². The van der Waals surface area contributed by atoms with Gasteiger partial charge in [-0.25, -0.2) is 14.6 Å². The van der Waals surface area contributed by atoms with Crippen molar-refractivity contribution in [1.82, 2.24) is 19.7 Å². The fourth-order valence-corrected chi connectivity index (χ4v) is 2.40. The molecule has 3 aromatic heterocycles. The van der Waals surface area contributed by atoms with Gasteiger partial charge in [-0.15, -0.1) is 0 Å². The van der Waals surface area contributed by atoms with Crippen LogP contribution in [0.1, 0.15) is 0 Å². The first kappa shape index (κ1) is 13.3. The van der Waals surface area contributed by atoms with Crippen molar-refractivity contribution in [2.75, 3.05) is 11.1 Å². The summed E-state index contributed by atoms with van der Waals surface area (Å²) in [6.07, 6.45) is 5.28. The van der Waals surface area contributed by atoms with Crippen LogP contribution < -0.4 is 11.1 Å². The lowest BCUT2D eigenvalue weighted by atomic mass is 10.2. The van der Waals surface area contributed by atoms with E-state index in [1.165, 1.54) is 0 Å². The van der Waals surface area contributed by atoms with E-state index in [2.05, 4.69) is 20.4 Å². The fourth-order valence-electron chi connectivity index (χ4n) is 2.40. The van der Waals surface area contributed by atoms with Gasteiger partial charge in [0.15, 0.2) is 11.5 Å². The Bertz CT molecular complexity index is 958. The average Bonchev–Trinajstić information content (AvgIpc) is 3.02. The van der Waals surface area contributed by atoms with E-state index >= 15 is 0 Å². The summed E-state index contributed by atoms with van der Waals surface area (Å²) in [5.74, 6) is 0.645. The number of aromatic nitrogens is 4. The van der Waals surface area contributed by atoms with Crippen molar-refractivity contribution in [2.24, 2.45) is 0 Å². The van der Waals surface area contributed by atoms with Gasteiger partial charge in [0.1, 0.15) is 0 Å². The summed E-state index contributed by atoms with van der Waals surface area (Å²) in [4.78, 5) is 8.60. The summed E-state index contributed by atoms with van der Waals surface area (Å²) < 4.78 is 1.81. The van der Waals surface area contributed by atoms with E-state index in [0.29, 0.717) is 11.5 Å². The minimum Gasteiger partial charge on any atom is -0.396 e. The SMILES string of the molecule is Nc1cccnc1Nc1ccc(-n2ncc3cccnc32)cc1. The molecule has 6 heteroatoms. The number of hydrogen-bond acceptors (Lipinski definition) is 5. The Kier molecular flexibility index (Phi) is 3.12. The number of rotatable bonds is 3. The number of benzene rings is 1. The topological polar surface area (TPSA) is 81.6 Å². The third kappa shape index (κ3) is 2.46. The minimum atomic E-state index is 0.610. The molecule has 0 unspecified atom stereocenters. The summed E-state index contributed by atoms with van der Waals surface area (Å²) >= 11 is 0. The molecule has 0 bridgehead atoms. The van der Waals surface area contributed by atoms with Crippen LogP contribution in [0.5, 0.6) is 0 Å². The lowest BCUT2D eigenvalue weighted by molar-refractivity contribution is 0.897. The van der Waals surface area contributed by atoms with Gasteiger partial charge in [-0.05, 0) is 48.5 Å². The van der Waals surface area contributed by atoms with Crippen molar-refractivity contribution in [1.29, 1.82) is 0 Å². The quantitative estimate of drug-likeness (QED) is 0.607. The second-order valence-corrected chi connectivity index (χ2v) is 5.09. The first-order valence-corrected chi connectivity index (χ1v) is 7.18. The molecular weight excluding hydrogens is 288 g/mol. The van der Waals surface area contributed by atoms with E-state index in [1.54, 1.807) is 18.5 Å². The third-order valence-corrected chi connectivity index (χ3v) is 3.54. The molecule has 0 radical (unpaired) electrons. The zero-order valence-corrected chi connectivity index (χ0v) is 12.2. The van der Waals surface area contributed by atoms with E-state index in [4.69, 9.17) is 5.73 Å². The van der Waals surface area contributed by atoms with Crippen LogP contribution in [-0.4, -0.2) is 19.7 Å². The van der Waals surface area contributed by atoms with Crippen LogP contribution in [0.2, 0.25) is 0 Å². The molecule has 0 aliphatic heterocycles. The second-order valence-electron chi connectivity index (χ2n) is 5.09. The highest BCUT2D eigenvalue weighted by atomic mass is 15.3. The predicted molar refractivity (Wildman–Crippen MR) is 90.8 cm³/mol. The van der Waals surface area contributed by atoms with Crippen LogP contribution in [0, 0.1) is 0 Å². The molecule has 0 spiro atoms. The lowest BCUT2D eigenvalue weighted by Crippen LogP contribution is -2.00. The van der Waals surface area contributed by atoms with Crippen LogP contribution in [0.15, 0.2) is 67.1 Å². The van der Waals surface area contributed by atoms with Crippen LogP contribution >= 0.6 is 0 Å². The molecule has 0 saturated heterocycles. The molecule has 1 aromatic carbocycles. The number of pyridine rings is 2. The number of nitrogens with one attached hydrogen (secondary N) is 1. The van der Waals surface area contributed by atoms with Gasteiger partial charge in [-0.1, -0.05) is 0 Å². The monoisotopic (exact) mass is 302 g/mol. The van der Waals surface area contributed by atoms with Crippen molar-refractivity contribution in [3.8, 4) is 5.69 Å². The van der Waals surface area contributed by atoms with Crippen LogP contribution in [0.4, 0.5) is 17.2 Å². The second kappa shape index (κ2) is 5.42. The van der Waals surface area contributed by atoms with E-state index in [1.807, 2.05) is 53.3 Å². The normalized spacial score (nSPS) is 10.8. The molecule has 6 nitrogen and oxygen atoms in total. The Morgan fingerprint density at radius 1 is 0.913 bits per heavy atom. The van der Waals surface area contributed by atoms with Crippen molar-refractivity contribution in [2.45, 2.75) is 0 Å². The van der Waals surface area contributed by atoms with Gasteiger partial charge < -0.3 is 11.1 Å². The van der Waals surface area contributed by atoms with E-state index in [-0.39, 0.29) is 0 Å². The summed E-state index contributed by atoms with van der Waals surface area (Å²) in [6, 6.07) is 15.4. The molecule has 4 aromatic rings. The summed E-state index contributed by atoms with van der Waals surface area (Å²) in [6.45, 7) is 0. The van der Waals surface area contributed by atoms with Gasteiger partial charge in [0.25, 0.3) is 0 Å². The Labute approximate surface area is 132 Å². The molecule has 3 N–H and O–H groups in total. The van der Waals surface area contributed by atoms with Crippen LogP contribution in [0.3, 0.4) is 0 Å². The first-order valence-electron chi connectivity index (χ1n) is 7.18. The number of nitrogen functional groups attached to an aromatic ring is 1. The number of nitrogens with two attached hydrogens (primary N) is 1. The van der Waals surface area contributed by atoms with Gasteiger partial charge >= 0.3 is 0 Å². The zero-order valence-electron chi connectivity index (χ0n) is 12.2. The molecule has 0 fully saturated rings. The Hall–Kier alpha value is -3.41. The molecule has 0 aliphatic carbocycles. The lowest BCUT2D eigenvalue weighted by Gasteiger charge is -2.09. The maximum atomic E-state index is 5.89. The van der Waals surface area contributed by atoms with Crippen molar-refractivity contribution in [3.63, 3.8) is 0 Å². The van der Waals surface area contributed by atoms with Gasteiger partial charge in [0.05, 0.1) is 17.6 Å². The highest BCUT2D eigenvalue weighted by molar-refractivity contribution is 5.76. The summed E-state index contributed by atoms with van der Waals surface area (Å²) in [5.41, 5.74) is 9.18. The largest absolute Gasteiger partial charge is 0.396 e. The zero-order chi connectivity index (χ0) is 15.6. The average molecular weight is 302 g/mol. The Morgan fingerprint density at radius 3 is 2.52 bits per heavy atom. The number of anilines is 3. The molecular formula is C17H14N6. The molecule has 3 heterocycles. The van der Waals surface area contributed by atoms with Crippen molar-refractivity contribution < 1.29 is 0 Å². The molecule has 4 rings (SSSR count). The van der Waals surface area contributed by atoms with Gasteiger partial charge in [-0.3, -0.25) is 0 Å². The van der Waals surface area contributed by atoms with Crippen LogP contribution in [0.25, 0.3) is 16.7 Å². The molecule has 0 amide bonds. The van der Waals surface area contributed by atoms with Gasteiger partial charge in [0, 0.05) is 23.5 Å². The third-order valence-electron chi connectivity index (χ3n) is 3.54. The molecule has 0 aliphatic rings. The Balaban J connectivity index is 1.65. The molecule has 23 heavy (non-hydrogen) atoms. The minimum absolute atomic E-state index is 0.610. The van der Waals surface area contributed by atoms with Gasteiger partial charge in [-0.2, -0.15) is 5.10 Å². The standard InChI is InChI=1S/C17H14N6/c18-15-4-2-9-19-16(15)22-13-5-7-14(8-6-13)23-17-12(11-21-23)3-1-10-20-17/h1-11H,18H2,(H,19,22). The molecule has 0 saturated carbocycles. The van der Waals surface area contributed by atoms with E-state index < -0.39 is 0 Å². The predicted octanol–water partition coefficient (Wildman–Crippen LogP) is 3.14. The Morgan fingerprint density at radius 2 is 1.70 bits per heavy atom. The van der Waals surface area contributed by atoms with Crippen molar-refractivity contribution >= 4 is 28.2 Å². The number of hydrogen-bond donors (Lipinski definition) is 2. The maximum Gasteiger partial charge on any atom is 0.162 e. The van der Waals surface area contributed by atoms with Crippen LogP contribution in [-0.2, 0) is 0 Å². The summed E-state index contributed by atoms with van der Waals surface area (Å²) in [7, 11) is 0. The van der Waals surface area contributed by atoms with E-state index in [0.717, 1.165) is 22.4 Å². The molecule has 112 valence electrons. The number of nitrogens with zero attached hydrogens (tertiary/aromatic N) is 4. The first-order chi connectivity index (χ1) is 11.3.